The monoisotopic (exact) mass is 365 g/mol. The standard InChI is InChI=1S/C18H27N3O3S/c1-13(2)25-12-9-19-18(23)20-10-11-21(17(22)14(20)3)15-5-7-16(24-4)8-6-15/h5-8,13-14H,9-12H2,1-4H3,(H,19,23). The molecule has 1 atom stereocenters. The lowest BCUT2D eigenvalue weighted by molar-refractivity contribution is -0.124. The zero-order chi connectivity index (χ0) is 18.4. The van der Waals surface area contributed by atoms with Gasteiger partial charge in [-0.05, 0) is 36.4 Å². The van der Waals surface area contributed by atoms with Gasteiger partial charge in [0.1, 0.15) is 11.8 Å². The average Bonchev–Trinajstić information content (AvgIpc) is 2.61. The third kappa shape index (κ3) is 5.04. The van der Waals surface area contributed by atoms with Gasteiger partial charge in [0.2, 0.25) is 5.91 Å². The number of piperazine rings is 1. The van der Waals surface area contributed by atoms with Crippen LogP contribution in [0.3, 0.4) is 0 Å². The van der Waals surface area contributed by atoms with Crippen LogP contribution >= 0.6 is 11.8 Å². The second-order valence-corrected chi connectivity index (χ2v) is 7.89. The van der Waals surface area contributed by atoms with E-state index in [-0.39, 0.29) is 11.9 Å². The highest BCUT2D eigenvalue weighted by Crippen LogP contribution is 2.23. The van der Waals surface area contributed by atoms with Crippen LogP contribution in [0, 0.1) is 0 Å². The maximum atomic E-state index is 12.7. The highest BCUT2D eigenvalue weighted by Gasteiger charge is 2.34. The third-order valence-electron chi connectivity index (χ3n) is 4.13. The van der Waals surface area contributed by atoms with E-state index in [0.717, 1.165) is 17.2 Å². The van der Waals surface area contributed by atoms with Gasteiger partial charge in [-0.3, -0.25) is 4.79 Å². The summed E-state index contributed by atoms with van der Waals surface area (Å²) in [6.45, 7) is 7.66. The molecule has 1 aromatic rings. The second kappa shape index (κ2) is 8.99. The first-order valence-electron chi connectivity index (χ1n) is 8.55. The van der Waals surface area contributed by atoms with Crippen LogP contribution in [0.1, 0.15) is 20.8 Å². The minimum Gasteiger partial charge on any atom is -0.497 e. The Hall–Kier alpha value is -1.89. The van der Waals surface area contributed by atoms with Gasteiger partial charge in [-0.2, -0.15) is 11.8 Å². The topological polar surface area (TPSA) is 61.9 Å². The number of amides is 3. The molecule has 1 unspecified atom stereocenters. The van der Waals surface area contributed by atoms with Gasteiger partial charge in [-0.1, -0.05) is 13.8 Å². The quantitative estimate of drug-likeness (QED) is 0.787. The van der Waals surface area contributed by atoms with Crippen molar-refractivity contribution < 1.29 is 14.3 Å². The summed E-state index contributed by atoms with van der Waals surface area (Å²) in [5, 5.41) is 3.45. The van der Waals surface area contributed by atoms with E-state index in [0.29, 0.717) is 24.9 Å². The predicted molar refractivity (Wildman–Crippen MR) is 103 cm³/mol. The normalized spacial score (nSPS) is 17.8. The van der Waals surface area contributed by atoms with E-state index in [1.165, 1.54) is 0 Å². The average molecular weight is 365 g/mol. The highest BCUT2D eigenvalue weighted by molar-refractivity contribution is 7.99. The van der Waals surface area contributed by atoms with Crippen LogP contribution in [0.15, 0.2) is 24.3 Å². The lowest BCUT2D eigenvalue weighted by atomic mass is 10.1. The maximum absolute atomic E-state index is 12.7. The minimum absolute atomic E-state index is 0.0666. The van der Waals surface area contributed by atoms with Gasteiger partial charge in [0.15, 0.2) is 0 Å². The number of hydrogen-bond acceptors (Lipinski definition) is 4. The Morgan fingerprint density at radius 2 is 2.00 bits per heavy atom. The van der Waals surface area contributed by atoms with Crippen LogP contribution in [0.4, 0.5) is 10.5 Å². The lowest BCUT2D eigenvalue weighted by Gasteiger charge is -2.39. The van der Waals surface area contributed by atoms with E-state index < -0.39 is 6.04 Å². The van der Waals surface area contributed by atoms with Crippen molar-refractivity contribution in [3.8, 4) is 5.75 Å². The lowest BCUT2D eigenvalue weighted by Crippen LogP contribution is -2.60. The summed E-state index contributed by atoms with van der Waals surface area (Å²) in [5.41, 5.74) is 0.825. The summed E-state index contributed by atoms with van der Waals surface area (Å²) in [4.78, 5) is 28.4. The zero-order valence-corrected chi connectivity index (χ0v) is 16.1. The Kier molecular flexibility index (Phi) is 6.99. The van der Waals surface area contributed by atoms with Crippen molar-refractivity contribution in [1.29, 1.82) is 0 Å². The van der Waals surface area contributed by atoms with Crippen LogP contribution in [0.5, 0.6) is 5.75 Å². The van der Waals surface area contributed by atoms with E-state index in [4.69, 9.17) is 4.74 Å². The van der Waals surface area contributed by atoms with Crippen molar-refractivity contribution >= 4 is 29.4 Å². The molecule has 25 heavy (non-hydrogen) atoms. The molecule has 1 aliphatic heterocycles. The van der Waals surface area contributed by atoms with Gasteiger partial charge in [-0.15, -0.1) is 0 Å². The molecule has 1 fully saturated rings. The molecule has 0 aromatic heterocycles. The number of anilines is 1. The number of carbonyl (C=O) groups is 2. The summed E-state index contributed by atoms with van der Waals surface area (Å²) in [5.74, 6) is 1.56. The smallest absolute Gasteiger partial charge is 0.318 e. The van der Waals surface area contributed by atoms with Gasteiger partial charge in [0.05, 0.1) is 7.11 Å². The van der Waals surface area contributed by atoms with Crippen molar-refractivity contribution in [1.82, 2.24) is 10.2 Å². The number of rotatable bonds is 6. The van der Waals surface area contributed by atoms with Crippen LogP contribution in [-0.2, 0) is 4.79 Å². The fourth-order valence-corrected chi connectivity index (χ4v) is 3.41. The fraction of sp³-hybridized carbons (Fsp3) is 0.556. The van der Waals surface area contributed by atoms with E-state index in [2.05, 4.69) is 19.2 Å². The van der Waals surface area contributed by atoms with Crippen LogP contribution in [0.2, 0.25) is 0 Å². The molecule has 0 radical (unpaired) electrons. The number of benzene rings is 1. The van der Waals surface area contributed by atoms with Crippen molar-refractivity contribution in [2.24, 2.45) is 0 Å². The van der Waals surface area contributed by atoms with Crippen molar-refractivity contribution in [2.75, 3.05) is 37.4 Å². The minimum atomic E-state index is -0.478. The first-order valence-corrected chi connectivity index (χ1v) is 9.60. The van der Waals surface area contributed by atoms with Gasteiger partial charge in [0, 0.05) is 31.1 Å². The summed E-state index contributed by atoms with van der Waals surface area (Å²) in [6, 6.07) is 6.75. The summed E-state index contributed by atoms with van der Waals surface area (Å²) >= 11 is 1.80. The van der Waals surface area contributed by atoms with E-state index in [1.54, 1.807) is 35.6 Å². The molecule has 1 aromatic carbocycles. The molecule has 0 saturated carbocycles. The van der Waals surface area contributed by atoms with E-state index >= 15 is 0 Å². The number of ether oxygens (including phenoxy) is 1. The Morgan fingerprint density at radius 1 is 1.32 bits per heavy atom. The molecule has 7 heteroatoms. The van der Waals surface area contributed by atoms with Crippen LogP contribution < -0.4 is 15.0 Å². The van der Waals surface area contributed by atoms with Crippen molar-refractivity contribution in [3.05, 3.63) is 24.3 Å². The molecule has 0 spiro atoms. The second-order valence-electron chi connectivity index (χ2n) is 6.21. The van der Waals surface area contributed by atoms with Gasteiger partial charge < -0.3 is 19.9 Å². The summed E-state index contributed by atoms with van der Waals surface area (Å²) < 4.78 is 5.15. The maximum Gasteiger partial charge on any atom is 0.318 e. The number of hydrogen-bond donors (Lipinski definition) is 1. The molecule has 0 bridgehead atoms. The first-order chi connectivity index (χ1) is 11.9. The number of urea groups is 1. The van der Waals surface area contributed by atoms with Crippen LogP contribution in [-0.4, -0.2) is 60.6 Å². The largest absolute Gasteiger partial charge is 0.497 e. The van der Waals surface area contributed by atoms with Crippen LogP contribution in [0.25, 0.3) is 0 Å². The van der Waals surface area contributed by atoms with E-state index in [1.807, 2.05) is 24.3 Å². The molecule has 6 nitrogen and oxygen atoms in total. The SMILES string of the molecule is COc1ccc(N2CCN(C(=O)NCCSC(C)C)C(C)C2=O)cc1. The molecule has 2 rings (SSSR count). The predicted octanol–water partition coefficient (Wildman–Crippen LogP) is 2.58. The number of carbonyl (C=O) groups excluding carboxylic acids is 2. The number of methoxy groups -OCH3 is 1. The Labute approximate surface area is 153 Å². The summed E-state index contributed by atoms with van der Waals surface area (Å²) in [6.07, 6.45) is 0. The van der Waals surface area contributed by atoms with Gasteiger partial charge >= 0.3 is 6.03 Å². The Balaban J connectivity index is 1.92. The fourth-order valence-electron chi connectivity index (χ4n) is 2.72. The molecule has 0 aliphatic carbocycles. The molecule has 1 heterocycles. The molecule has 1 N–H and O–H groups in total. The van der Waals surface area contributed by atoms with Crippen molar-refractivity contribution in [3.63, 3.8) is 0 Å². The highest BCUT2D eigenvalue weighted by atomic mass is 32.2. The molecule has 3 amide bonds. The third-order valence-corrected chi connectivity index (χ3v) is 5.24. The Morgan fingerprint density at radius 3 is 2.60 bits per heavy atom. The number of nitrogens with one attached hydrogen (secondary N) is 1. The number of thioether (sulfide) groups is 1. The van der Waals surface area contributed by atoms with E-state index in [9.17, 15) is 9.59 Å². The van der Waals surface area contributed by atoms with Gasteiger partial charge in [-0.25, -0.2) is 4.79 Å². The Bertz CT molecular complexity index is 592. The number of nitrogens with zero attached hydrogens (tertiary/aromatic N) is 2. The molecule has 1 saturated heterocycles. The zero-order valence-electron chi connectivity index (χ0n) is 15.3. The molecule has 1 aliphatic rings. The summed E-state index contributed by atoms with van der Waals surface area (Å²) in [7, 11) is 1.61. The van der Waals surface area contributed by atoms with Gasteiger partial charge in [0.25, 0.3) is 0 Å². The molecular weight excluding hydrogens is 338 g/mol. The first kappa shape index (κ1) is 19.4. The molecule has 138 valence electrons. The van der Waals surface area contributed by atoms with Crippen molar-refractivity contribution in [2.45, 2.75) is 32.1 Å². The molecular formula is C18H27N3O3S.